The highest BCUT2D eigenvalue weighted by atomic mass is 16.1. The van der Waals surface area contributed by atoms with Gasteiger partial charge in [-0.3, -0.25) is 4.79 Å². The average Bonchev–Trinajstić information content (AvgIpc) is 3.35. The van der Waals surface area contributed by atoms with Gasteiger partial charge in [0.05, 0.1) is 16.7 Å². The van der Waals surface area contributed by atoms with Crippen LogP contribution in [0.4, 0.5) is 0 Å². The number of aromatic nitrogens is 1. The van der Waals surface area contributed by atoms with Gasteiger partial charge in [0.1, 0.15) is 0 Å². The number of nitrogens with zero attached hydrogens (tertiary/aromatic N) is 1. The van der Waals surface area contributed by atoms with Crippen LogP contribution in [0.25, 0.3) is 61.1 Å². The predicted molar refractivity (Wildman–Crippen MR) is 162 cm³/mol. The van der Waals surface area contributed by atoms with Crippen LogP contribution in [-0.2, 0) is 0 Å². The lowest BCUT2D eigenvalue weighted by Gasteiger charge is -2.24. The van der Waals surface area contributed by atoms with Crippen molar-refractivity contribution in [3.8, 4) is 44.6 Å². The smallest absolute Gasteiger partial charge is 0.152 e. The van der Waals surface area contributed by atoms with Gasteiger partial charge in [-0.1, -0.05) is 140 Å². The van der Waals surface area contributed by atoms with Crippen LogP contribution in [0.5, 0.6) is 0 Å². The Labute approximate surface area is 227 Å². The first kappa shape index (κ1) is 22.9. The number of benzene rings is 5. The second-order valence-electron chi connectivity index (χ2n) is 9.67. The van der Waals surface area contributed by atoms with Crippen molar-refractivity contribution in [2.24, 2.45) is 0 Å². The Hall–Kier alpha value is -5.21. The lowest BCUT2D eigenvalue weighted by atomic mass is 9.84. The summed E-state index contributed by atoms with van der Waals surface area (Å²) in [4.78, 5) is 12.9. The molecule has 2 heteroatoms. The molecule has 0 saturated carbocycles. The lowest BCUT2D eigenvalue weighted by molar-refractivity contribution is 0.112. The van der Waals surface area contributed by atoms with Crippen molar-refractivity contribution >= 4 is 22.7 Å². The molecule has 39 heavy (non-hydrogen) atoms. The largest absolute Gasteiger partial charge is 0.307 e. The molecule has 0 aliphatic rings. The van der Waals surface area contributed by atoms with E-state index in [2.05, 4.69) is 120 Å². The first-order chi connectivity index (χ1) is 19.4. The lowest BCUT2D eigenvalue weighted by Crippen LogP contribution is -2.03. The fraction of sp³-hybridized carbons (Fsp3) is 0. The molecule has 0 fully saturated rings. The number of carbonyl (C=O) groups is 1. The molecule has 2 aromatic heterocycles. The molecule has 0 saturated heterocycles. The van der Waals surface area contributed by atoms with E-state index < -0.39 is 0 Å². The minimum absolute atomic E-state index is 0.707. The summed E-state index contributed by atoms with van der Waals surface area (Å²) in [6.45, 7) is 0. The zero-order chi connectivity index (χ0) is 26.2. The van der Waals surface area contributed by atoms with E-state index in [-0.39, 0.29) is 0 Å². The Kier molecular flexibility index (Phi) is 5.64. The van der Waals surface area contributed by atoms with Crippen LogP contribution in [0.15, 0.2) is 146 Å². The maximum absolute atomic E-state index is 12.9. The number of carbonyl (C=O) groups excluding carboxylic acids is 1. The Morgan fingerprint density at radius 2 is 0.872 bits per heavy atom. The molecule has 2 heterocycles. The first-order valence-electron chi connectivity index (χ1n) is 13.2. The molecule has 0 atom stereocenters. The molecular weight excluding hydrogens is 474 g/mol. The van der Waals surface area contributed by atoms with Gasteiger partial charge in [0.25, 0.3) is 0 Å². The maximum Gasteiger partial charge on any atom is 0.152 e. The molecule has 0 unspecified atom stereocenters. The molecule has 0 amide bonds. The van der Waals surface area contributed by atoms with Gasteiger partial charge < -0.3 is 4.40 Å². The molecule has 5 aromatic carbocycles. The Bertz CT molecular complexity index is 1940. The molecule has 184 valence electrons. The van der Waals surface area contributed by atoms with Crippen molar-refractivity contribution in [3.05, 3.63) is 151 Å². The molecule has 0 aliphatic carbocycles. The number of para-hydroxylation sites is 1. The SMILES string of the molecule is O=Cc1c2ccccc2n2c(-c3ccccc3)c(-c3ccccc3)c(-c3ccccc3)c(-c3ccccc3)c12. The molecule has 0 spiro atoms. The highest BCUT2D eigenvalue weighted by Gasteiger charge is 2.27. The molecule has 7 rings (SSSR count). The average molecular weight is 500 g/mol. The fourth-order valence-electron chi connectivity index (χ4n) is 5.87. The van der Waals surface area contributed by atoms with Crippen molar-refractivity contribution in [2.75, 3.05) is 0 Å². The maximum atomic E-state index is 12.9. The van der Waals surface area contributed by atoms with E-state index in [1.807, 2.05) is 30.3 Å². The number of hydrogen-bond donors (Lipinski definition) is 0. The van der Waals surface area contributed by atoms with E-state index in [0.29, 0.717) is 5.56 Å². The molecule has 0 bridgehead atoms. The third-order valence-electron chi connectivity index (χ3n) is 7.46. The molecule has 2 nitrogen and oxygen atoms in total. The first-order valence-corrected chi connectivity index (χ1v) is 13.2. The molecule has 0 N–H and O–H groups in total. The zero-order valence-corrected chi connectivity index (χ0v) is 21.3. The van der Waals surface area contributed by atoms with Gasteiger partial charge in [0.2, 0.25) is 0 Å². The Morgan fingerprint density at radius 3 is 1.41 bits per heavy atom. The number of rotatable bonds is 5. The van der Waals surface area contributed by atoms with Crippen LogP contribution in [-0.4, -0.2) is 10.7 Å². The van der Waals surface area contributed by atoms with Gasteiger partial charge in [0, 0.05) is 27.6 Å². The number of pyridine rings is 1. The van der Waals surface area contributed by atoms with E-state index >= 15 is 0 Å². The highest BCUT2D eigenvalue weighted by molar-refractivity contribution is 6.16. The van der Waals surface area contributed by atoms with Crippen LogP contribution in [0.2, 0.25) is 0 Å². The summed E-state index contributed by atoms with van der Waals surface area (Å²) >= 11 is 0. The second-order valence-corrected chi connectivity index (χ2v) is 9.67. The van der Waals surface area contributed by atoms with Crippen molar-refractivity contribution in [1.29, 1.82) is 0 Å². The summed E-state index contributed by atoms with van der Waals surface area (Å²) in [5.41, 5.74) is 11.4. The van der Waals surface area contributed by atoms with Crippen molar-refractivity contribution < 1.29 is 4.79 Å². The van der Waals surface area contributed by atoms with E-state index in [0.717, 1.165) is 67.3 Å². The van der Waals surface area contributed by atoms with Gasteiger partial charge in [-0.2, -0.15) is 0 Å². The summed E-state index contributed by atoms with van der Waals surface area (Å²) in [5.74, 6) is 0. The van der Waals surface area contributed by atoms with Gasteiger partial charge in [-0.05, 0) is 28.3 Å². The fourth-order valence-corrected chi connectivity index (χ4v) is 5.87. The standard InChI is InChI=1S/C37H25NO/c39-25-31-30-23-13-14-24-32(30)38-36(29-21-11-4-12-22-29)34(27-17-7-2-8-18-27)33(26-15-5-1-6-16-26)35(37(31)38)28-19-9-3-10-20-28/h1-25H. The van der Waals surface area contributed by atoms with Crippen molar-refractivity contribution in [2.45, 2.75) is 0 Å². The quantitative estimate of drug-likeness (QED) is 0.216. The number of fused-ring (bicyclic) bond motifs is 3. The Morgan fingerprint density at radius 1 is 0.436 bits per heavy atom. The van der Waals surface area contributed by atoms with Crippen LogP contribution >= 0.6 is 0 Å². The van der Waals surface area contributed by atoms with Gasteiger partial charge in [-0.25, -0.2) is 0 Å². The summed E-state index contributed by atoms with van der Waals surface area (Å²) in [7, 11) is 0. The van der Waals surface area contributed by atoms with Gasteiger partial charge in [0.15, 0.2) is 6.29 Å². The van der Waals surface area contributed by atoms with E-state index in [4.69, 9.17) is 0 Å². The Balaban J connectivity index is 1.86. The molecular formula is C37H25NO. The van der Waals surface area contributed by atoms with Gasteiger partial charge >= 0.3 is 0 Å². The summed E-state index contributed by atoms with van der Waals surface area (Å²) in [6, 6.07) is 50.4. The second kappa shape index (κ2) is 9.59. The summed E-state index contributed by atoms with van der Waals surface area (Å²) in [6.07, 6.45) is 1.02. The number of aldehydes is 1. The normalized spacial score (nSPS) is 11.2. The summed E-state index contributed by atoms with van der Waals surface area (Å²) < 4.78 is 2.31. The minimum Gasteiger partial charge on any atom is -0.307 e. The molecule has 0 aliphatic heterocycles. The van der Waals surface area contributed by atoms with Crippen LogP contribution in [0.3, 0.4) is 0 Å². The highest BCUT2D eigenvalue weighted by Crippen LogP contribution is 2.50. The topological polar surface area (TPSA) is 21.5 Å². The molecule has 0 radical (unpaired) electrons. The van der Waals surface area contributed by atoms with E-state index in [1.165, 1.54) is 0 Å². The predicted octanol–water partition coefficient (Wildman–Crippen LogP) is 9.57. The summed E-state index contributed by atoms with van der Waals surface area (Å²) in [5, 5.41) is 0.950. The third kappa shape index (κ3) is 3.69. The van der Waals surface area contributed by atoms with E-state index in [1.54, 1.807) is 0 Å². The zero-order valence-electron chi connectivity index (χ0n) is 21.3. The monoisotopic (exact) mass is 499 g/mol. The minimum atomic E-state index is 0.707. The molecule has 7 aromatic rings. The van der Waals surface area contributed by atoms with E-state index in [9.17, 15) is 4.79 Å². The van der Waals surface area contributed by atoms with Crippen molar-refractivity contribution in [3.63, 3.8) is 0 Å². The number of hydrogen-bond acceptors (Lipinski definition) is 1. The van der Waals surface area contributed by atoms with Crippen LogP contribution in [0, 0.1) is 0 Å². The third-order valence-corrected chi connectivity index (χ3v) is 7.46. The van der Waals surface area contributed by atoms with Crippen LogP contribution < -0.4 is 0 Å². The van der Waals surface area contributed by atoms with Crippen LogP contribution in [0.1, 0.15) is 10.4 Å². The van der Waals surface area contributed by atoms with Gasteiger partial charge in [-0.15, -0.1) is 0 Å². The van der Waals surface area contributed by atoms with Crippen molar-refractivity contribution in [1.82, 2.24) is 4.40 Å².